The Morgan fingerprint density at radius 3 is 1.45 bits per heavy atom. The van der Waals surface area contributed by atoms with Crippen LogP contribution in [0.4, 0.5) is 55.3 Å². The fourth-order valence-corrected chi connectivity index (χ4v) is 12.3. The Morgan fingerprint density at radius 1 is 0.512 bits per heavy atom. The summed E-state index contributed by atoms with van der Waals surface area (Å²) in [5.74, 6) is -5.90. The van der Waals surface area contributed by atoms with E-state index in [-0.39, 0.29) is 105 Å². The summed E-state index contributed by atoms with van der Waals surface area (Å²) in [6.07, 6.45) is 16.8. The van der Waals surface area contributed by atoms with Crippen molar-refractivity contribution in [1.29, 1.82) is 10.5 Å². The van der Waals surface area contributed by atoms with Crippen molar-refractivity contribution in [2.45, 2.75) is 237 Å². The summed E-state index contributed by atoms with van der Waals surface area (Å²) in [5.41, 5.74) is 4.72. The number of hydrogen-bond acceptors (Lipinski definition) is 14. The van der Waals surface area contributed by atoms with Gasteiger partial charge in [-0.15, -0.1) is 5.10 Å². The van der Waals surface area contributed by atoms with E-state index in [0.717, 1.165) is 26.7 Å². The highest BCUT2D eigenvalue weighted by Gasteiger charge is 2.23. The van der Waals surface area contributed by atoms with Gasteiger partial charge >= 0.3 is 5.69 Å². The molecule has 30 heteroatoms. The highest BCUT2D eigenvalue weighted by atomic mass is 35.5. The first-order chi connectivity index (χ1) is 60.4. The summed E-state index contributed by atoms with van der Waals surface area (Å²) in [6.45, 7) is 41.7. The third-order valence-corrected chi connectivity index (χ3v) is 20.6. The summed E-state index contributed by atoms with van der Waals surface area (Å²) in [6, 6.07) is 37.7. The summed E-state index contributed by atoms with van der Waals surface area (Å²) in [4.78, 5) is 65.5. The third-order valence-electron chi connectivity index (χ3n) is 18.7. The topological polar surface area (TPSA) is 246 Å². The van der Waals surface area contributed by atoms with Crippen molar-refractivity contribution in [3.8, 4) is 12.1 Å². The minimum absolute atomic E-state index is 0.0418. The SMILES string of the molecule is CC(C)C(=O)CCC(=O)/C=C/C1CC1.CC(C)c1c(F)c(F)cc(F)c1F.CC(C)c1cc(C#N)ccc1F.CC(C)c1cc([N+](=O)[O-])ccc1F.CC(C)c1ccc(Cl)nc1.CC(C)c1cccc(C#N)c1F.CC(C)c1cccc([N+](=O)[O-])c1F.CC(C)c1cnccc1Cl.CC(C)c1cnccc1F.CC(C)n1ccc(F)n1.CC(C)n1sc2ccccc2c1=O. The number of rotatable bonds is 18. The molecular weight excluding hydrogens is 1730 g/mol. The van der Waals surface area contributed by atoms with Gasteiger partial charge in [0.2, 0.25) is 11.8 Å². The number of aromatic nitrogens is 6. The van der Waals surface area contributed by atoms with Gasteiger partial charge in [-0.3, -0.25) is 53.2 Å². The number of ketones is 2. The molecule has 0 unspecified atom stereocenters. The summed E-state index contributed by atoms with van der Waals surface area (Å²) in [7, 11) is 0. The molecular formula is C99H116Cl2F10N10O7S. The highest BCUT2D eigenvalue weighted by Crippen LogP contribution is 2.32. The highest BCUT2D eigenvalue weighted by molar-refractivity contribution is 7.13. The average molecular weight is 1850 g/mol. The van der Waals surface area contributed by atoms with Crippen molar-refractivity contribution in [3.63, 3.8) is 0 Å². The zero-order valence-corrected chi connectivity index (χ0v) is 79.2. The second-order valence-corrected chi connectivity index (χ2v) is 34.5. The van der Waals surface area contributed by atoms with E-state index in [1.54, 1.807) is 81.3 Å². The number of nitriles is 2. The van der Waals surface area contributed by atoms with E-state index in [2.05, 4.69) is 47.7 Å². The molecule has 694 valence electrons. The van der Waals surface area contributed by atoms with E-state index in [1.165, 1.54) is 105 Å². The van der Waals surface area contributed by atoms with Gasteiger partial charge in [0.15, 0.2) is 29.1 Å². The Kier molecular flexibility index (Phi) is 50.5. The molecule has 0 aliphatic heterocycles. The molecule has 1 aliphatic rings. The zero-order chi connectivity index (χ0) is 98.0. The second kappa shape index (κ2) is 57.4. The number of allylic oxidation sites excluding steroid dienone is 2. The zero-order valence-electron chi connectivity index (χ0n) is 76.9. The smallest absolute Gasteiger partial charge is 0.299 e. The molecule has 5 heterocycles. The maximum absolute atomic E-state index is 13.3. The molecule has 6 aromatic carbocycles. The van der Waals surface area contributed by atoms with Crippen LogP contribution in [0.25, 0.3) is 10.1 Å². The number of nitro groups is 2. The van der Waals surface area contributed by atoms with Gasteiger partial charge in [0.05, 0.1) is 37.1 Å². The summed E-state index contributed by atoms with van der Waals surface area (Å²) in [5, 5.41) is 43.6. The van der Waals surface area contributed by atoms with Crippen LogP contribution in [-0.2, 0) is 9.59 Å². The molecule has 0 spiro atoms. The van der Waals surface area contributed by atoms with Gasteiger partial charge in [-0.25, -0.2) is 40.1 Å². The van der Waals surface area contributed by atoms with Crippen LogP contribution in [0.2, 0.25) is 10.2 Å². The molecule has 0 saturated heterocycles. The van der Waals surface area contributed by atoms with Gasteiger partial charge in [0, 0.05) is 115 Å². The fraction of sp³-hybridized carbons (Fsp3) is 0.384. The van der Waals surface area contributed by atoms with E-state index in [1.807, 2.05) is 160 Å². The van der Waals surface area contributed by atoms with Crippen LogP contribution in [0.5, 0.6) is 0 Å². The van der Waals surface area contributed by atoms with E-state index >= 15 is 0 Å². The minimum atomic E-state index is -1.36. The van der Waals surface area contributed by atoms with Crippen molar-refractivity contribution in [2.24, 2.45) is 11.8 Å². The summed E-state index contributed by atoms with van der Waals surface area (Å²) < 4.78 is 133. The van der Waals surface area contributed by atoms with E-state index in [4.69, 9.17) is 33.7 Å². The van der Waals surface area contributed by atoms with Gasteiger partial charge < -0.3 is 0 Å². The molecule has 0 N–H and O–H groups in total. The first-order valence-corrected chi connectivity index (χ1v) is 43.4. The Bertz CT molecular complexity index is 5480. The minimum Gasteiger partial charge on any atom is -0.299 e. The number of fused-ring (bicyclic) bond motifs is 1. The van der Waals surface area contributed by atoms with Gasteiger partial charge in [-0.05, 0) is 194 Å². The lowest BCUT2D eigenvalue weighted by Crippen LogP contribution is -2.14. The van der Waals surface area contributed by atoms with Gasteiger partial charge in [-0.1, -0.05) is 208 Å². The number of nitrogens with zero attached hydrogens (tertiary/aromatic N) is 10. The van der Waals surface area contributed by atoms with Crippen LogP contribution in [0, 0.1) is 113 Å². The van der Waals surface area contributed by atoms with Crippen LogP contribution < -0.4 is 5.56 Å². The number of halogens is 12. The van der Waals surface area contributed by atoms with Gasteiger partial charge in [0.25, 0.3) is 11.2 Å². The predicted molar refractivity (Wildman–Crippen MR) is 495 cm³/mol. The molecule has 1 fully saturated rings. The van der Waals surface area contributed by atoms with E-state index in [0.29, 0.717) is 69.1 Å². The molecule has 17 nitrogen and oxygen atoms in total. The fourth-order valence-electron chi connectivity index (χ4n) is 10.9. The summed E-state index contributed by atoms with van der Waals surface area (Å²) >= 11 is 13.0. The monoisotopic (exact) mass is 1850 g/mol. The van der Waals surface area contributed by atoms with Crippen molar-refractivity contribution < 1.29 is 63.3 Å². The Hall–Kier alpha value is -11.6. The van der Waals surface area contributed by atoms with Crippen LogP contribution >= 0.6 is 34.7 Å². The van der Waals surface area contributed by atoms with E-state index < -0.39 is 62.0 Å². The molecule has 129 heavy (non-hydrogen) atoms. The molecule has 1 aliphatic carbocycles. The molecule has 12 rings (SSSR count). The molecule has 5 aromatic heterocycles. The Labute approximate surface area is 764 Å². The second-order valence-electron chi connectivity index (χ2n) is 32.7. The standard InChI is InChI=1S/C12H18O2.2C10H10FN.C10H11NOS.C9H8F4.2C9H10FNO2.2C8H10ClN.C8H10FN.C6H9FN2/c1-9(2)12(14)8-7-11(13)6-5-10-3-4-10;1-7(2)9-5-8(6-12)3-4-10(9)11;1-7(2)9-5-3-4-8(6-12)10(9)11;1-7(2)11-10(12)8-5-3-4-6-9(8)13-11;1-4(2)7-8(12)5(10)3-6(11)9(7)13;1-6(2)8-5-7(11(12)13)3-4-9(8)10;1-6(2)7-4-3-5-8(9(7)10)11(12)13;1-6(2)7-5-10-4-3-8(7)9;1-6(2)7-3-4-8(9)10-5-7;1-6(2)7-5-10-4-3-8(7)9;1-5(2)9-4-3-6(7)8-9/h5-6,9-10H,3-4,7-8H2,1-2H3;2*3-5,7H,1-2H3;3-7H,1-2H3;3-4H,1-2H3;2*3-6H,1-2H3;3*3-6H,1-2H3;3-5H,1-2H3/b6-5+;;;;;;;;;;. The van der Waals surface area contributed by atoms with Crippen molar-refractivity contribution in [2.75, 3.05) is 0 Å². The number of carbonyl (C=O) groups excluding carboxylic acids is 2. The number of nitro benzene ring substituents is 2. The van der Waals surface area contributed by atoms with Crippen LogP contribution in [0.3, 0.4) is 0 Å². The number of pyridine rings is 3. The molecule has 0 bridgehead atoms. The quantitative estimate of drug-likeness (QED) is 0.0194. The van der Waals surface area contributed by atoms with Crippen molar-refractivity contribution in [1.82, 2.24) is 28.7 Å². The normalized spacial score (nSPS) is 11.2. The lowest BCUT2D eigenvalue weighted by Gasteiger charge is -2.09. The first-order valence-electron chi connectivity index (χ1n) is 41.9. The molecule has 0 amide bonds. The number of non-ortho nitro benzene ring substituents is 1. The third kappa shape index (κ3) is 39.9. The largest absolute Gasteiger partial charge is 0.305 e. The molecule has 11 aromatic rings. The van der Waals surface area contributed by atoms with Gasteiger partial charge in [-0.2, -0.15) is 19.3 Å². The average Bonchev–Trinajstić information content (AvgIpc) is 1.51. The van der Waals surface area contributed by atoms with Crippen molar-refractivity contribution in [3.05, 3.63) is 337 Å². The number of hydrogen-bond donors (Lipinski definition) is 0. The first kappa shape index (κ1) is 113. The number of benzene rings is 6. The molecule has 0 atom stereocenters. The predicted octanol–water partition coefficient (Wildman–Crippen LogP) is 29.6. The number of carbonyl (C=O) groups is 2. The Morgan fingerprint density at radius 2 is 1.03 bits per heavy atom. The maximum Gasteiger partial charge on any atom is 0.305 e. The van der Waals surface area contributed by atoms with Crippen molar-refractivity contribution >= 4 is 67.8 Å². The van der Waals surface area contributed by atoms with Crippen LogP contribution in [-0.4, -0.2) is 50.1 Å². The van der Waals surface area contributed by atoms with Crippen LogP contribution in [0.1, 0.15) is 293 Å². The number of Topliss-reactive ketones (excluding diaryl/α,β-unsaturated/α-hetero) is 1. The Balaban J connectivity index is 0.000000481. The lowest BCUT2D eigenvalue weighted by molar-refractivity contribution is -0.387. The van der Waals surface area contributed by atoms with E-state index in [9.17, 15) is 78.5 Å². The van der Waals surface area contributed by atoms with Crippen LogP contribution in [0.15, 0.2) is 188 Å². The lowest BCUT2D eigenvalue weighted by atomic mass is 10.0. The maximum atomic E-state index is 13.3. The molecule has 0 radical (unpaired) electrons. The van der Waals surface area contributed by atoms with Gasteiger partial charge in [0.1, 0.15) is 40.3 Å². The molecule has 1 saturated carbocycles.